The maximum atomic E-state index is 12.6. The zero-order chi connectivity index (χ0) is 22.3. The van der Waals surface area contributed by atoms with Gasteiger partial charge >= 0.3 is 11.8 Å². The van der Waals surface area contributed by atoms with E-state index in [2.05, 4.69) is 46.5 Å². The Morgan fingerprint density at radius 3 is 2.74 bits per heavy atom. The van der Waals surface area contributed by atoms with E-state index in [1.54, 1.807) is 13.0 Å². The van der Waals surface area contributed by atoms with Crippen LogP contribution in [0.4, 0.5) is 5.82 Å². The highest BCUT2D eigenvalue weighted by Crippen LogP contribution is 2.38. The molecule has 9 heteroatoms. The van der Waals surface area contributed by atoms with E-state index in [-0.39, 0.29) is 28.8 Å². The predicted octanol–water partition coefficient (Wildman–Crippen LogP) is 2.02. The molecule has 2 heterocycles. The van der Waals surface area contributed by atoms with Gasteiger partial charge < -0.3 is 10.6 Å². The van der Waals surface area contributed by atoms with Gasteiger partial charge in [-0.05, 0) is 56.8 Å². The first kappa shape index (κ1) is 21.3. The molecule has 0 bridgehead atoms. The maximum absolute atomic E-state index is 12.6. The summed E-state index contributed by atoms with van der Waals surface area (Å²) in [5.74, 6) is -0.422. The molecule has 2 atom stereocenters. The fourth-order valence-corrected chi connectivity index (χ4v) is 5.16. The maximum Gasteiger partial charge on any atom is 0.314 e. The number of amides is 2. The van der Waals surface area contributed by atoms with E-state index < -0.39 is 11.8 Å². The van der Waals surface area contributed by atoms with Gasteiger partial charge in [0.15, 0.2) is 0 Å². The van der Waals surface area contributed by atoms with Gasteiger partial charge in [-0.1, -0.05) is 20.8 Å². The Morgan fingerprint density at radius 2 is 2.00 bits per heavy atom. The molecule has 2 aliphatic rings. The molecule has 0 unspecified atom stereocenters. The monoisotopic (exact) mass is 426 g/mol. The molecule has 166 valence electrons. The molecule has 31 heavy (non-hydrogen) atoms. The third kappa shape index (κ3) is 4.55. The van der Waals surface area contributed by atoms with Crippen LogP contribution in [0.2, 0.25) is 0 Å². The summed E-state index contributed by atoms with van der Waals surface area (Å²) >= 11 is 0. The number of nitrogens with zero attached hydrogens (tertiary/aromatic N) is 3. The van der Waals surface area contributed by atoms with E-state index in [4.69, 9.17) is 0 Å². The number of nitrogens with one attached hydrogen (secondary N) is 3. The smallest absolute Gasteiger partial charge is 0.314 e. The number of anilines is 1. The fraction of sp³-hybridized carbons (Fsp3) is 0.591. The number of aromatic nitrogens is 4. The van der Waals surface area contributed by atoms with Crippen LogP contribution in [0.15, 0.2) is 10.9 Å². The van der Waals surface area contributed by atoms with E-state index >= 15 is 0 Å². The van der Waals surface area contributed by atoms with Crippen molar-refractivity contribution in [3.05, 3.63) is 33.4 Å². The van der Waals surface area contributed by atoms with Gasteiger partial charge in [0, 0.05) is 17.7 Å². The number of H-pyrrole nitrogens is 1. The van der Waals surface area contributed by atoms with Gasteiger partial charge in [-0.2, -0.15) is 9.78 Å². The fourth-order valence-electron chi connectivity index (χ4n) is 5.16. The number of carbonyl (C=O) groups excluding carboxylic acids is 2. The second-order valence-corrected chi connectivity index (χ2v) is 9.79. The Balaban J connectivity index is 1.50. The molecule has 0 radical (unpaired) electrons. The quantitative estimate of drug-likeness (QED) is 0.648. The van der Waals surface area contributed by atoms with Crippen molar-refractivity contribution in [1.29, 1.82) is 0 Å². The molecule has 0 aliphatic heterocycles. The van der Waals surface area contributed by atoms with E-state index in [0.29, 0.717) is 17.2 Å². The molecule has 2 aliphatic carbocycles. The average Bonchev–Trinajstić information content (AvgIpc) is 3.26. The van der Waals surface area contributed by atoms with Crippen LogP contribution >= 0.6 is 0 Å². The van der Waals surface area contributed by atoms with Gasteiger partial charge in [0.05, 0.1) is 11.4 Å². The second kappa shape index (κ2) is 7.94. The average molecular weight is 427 g/mol. The summed E-state index contributed by atoms with van der Waals surface area (Å²) in [5, 5.41) is 9.85. The summed E-state index contributed by atoms with van der Waals surface area (Å²) in [5.41, 5.74) is 2.04. The molecular weight excluding hydrogens is 396 g/mol. The zero-order valence-corrected chi connectivity index (χ0v) is 18.5. The topological polar surface area (TPSA) is 122 Å². The minimum absolute atomic E-state index is 0.0293. The molecule has 0 aromatic carbocycles. The van der Waals surface area contributed by atoms with Crippen LogP contribution in [-0.2, 0) is 22.4 Å². The largest absolute Gasteiger partial charge is 0.345 e. The number of aryl methyl sites for hydroxylation is 2. The standard InChI is InChI=1S/C22H30N6O3/c1-12-8-14(11-22(3,4)10-12)23-19(30)20(31)25-17-9-13(2)27-28(17)21-24-16-7-5-6-15(16)18(29)26-21/h9,12,14H,5-8,10-11H2,1-4H3,(H,23,30)(H,25,31)(H,24,26,29)/t12-,14+/m0/s1. The van der Waals surface area contributed by atoms with E-state index in [0.717, 1.165) is 44.2 Å². The SMILES string of the molecule is Cc1cc(NC(=O)C(=O)N[C@@H]2C[C@H](C)CC(C)(C)C2)n(-c2nc3c(c(=O)[nH]2)CCC3)n1. The lowest BCUT2D eigenvalue weighted by Crippen LogP contribution is -2.46. The van der Waals surface area contributed by atoms with Crippen LogP contribution in [0.1, 0.15) is 63.4 Å². The zero-order valence-electron chi connectivity index (χ0n) is 18.5. The van der Waals surface area contributed by atoms with Crippen LogP contribution in [0, 0.1) is 18.3 Å². The molecule has 0 saturated heterocycles. The lowest BCUT2D eigenvalue weighted by atomic mass is 9.70. The summed E-state index contributed by atoms with van der Waals surface area (Å²) in [6.45, 7) is 8.32. The van der Waals surface area contributed by atoms with E-state index in [1.807, 2.05) is 0 Å². The number of rotatable bonds is 3. The molecule has 4 rings (SSSR count). The molecular formula is C22H30N6O3. The number of hydrogen-bond acceptors (Lipinski definition) is 5. The highest BCUT2D eigenvalue weighted by molar-refractivity contribution is 6.39. The van der Waals surface area contributed by atoms with Gasteiger partial charge in [0.25, 0.3) is 5.56 Å². The van der Waals surface area contributed by atoms with Gasteiger partial charge in [-0.15, -0.1) is 0 Å². The van der Waals surface area contributed by atoms with Crippen molar-refractivity contribution in [3.63, 3.8) is 0 Å². The van der Waals surface area contributed by atoms with Crippen LogP contribution in [0.3, 0.4) is 0 Å². The van der Waals surface area contributed by atoms with Crippen LogP contribution in [0.5, 0.6) is 0 Å². The van der Waals surface area contributed by atoms with Gasteiger partial charge in [0.2, 0.25) is 5.95 Å². The number of fused-ring (bicyclic) bond motifs is 1. The van der Waals surface area contributed by atoms with Gasteiger partial charge in [-0.25, -0.2) is 4.98 Å². The Kier molecular flexibility index (Phi) is 5.45. The lowest BCUT2D eigenvalue weighted by molar-refractivity contribution is -0.137. The minimum atomic E-state index is -0.763. The van der Waals surface area contributed by atoms with Crippen molar-refractivity contribution in [1.82, 2.24) is 25.1 Å². The van der Waals surface area contributed by atoms with Crippen LogP contribution in [-0.4, -0.2) is 37.6 Å². The summed E-state index contributed by atoms with van der Waals surface area (Å²) in [4.78, 5) is 44.8. The predicted molar refractivity (Wildman–Crippen MR) is 116 cm³/mol. The first-order valence-corrected chi connectivity index (χ1v) is 10.9. The lowest BCUT2D eigenvalue weighted by Gasteiger charge is -2.39. The van der Waals surface area contributed by atoms with E-state index in [1.165, 1.54) is 4.68 Å². The third-order valence-corrected chi connectivity index (χ3v) is 6.13. The summed E-state index contributed by atoms with van der Waals surface area (Å²) in [6.07, 6.45) is 5.17. The van der Waals surface area contributed by atoms with Crippen molar-refractivity contribution in [2.45, 2.75) is 72.3 Å². The summed E-state index contributed by atoms with van der Waals surface area (Å²) in [6, 6.07) is 1.61. The normalized spacial score (nSPS) is 22.1. The molecule has 9 nitrogen and oxygen atoms in total. The first-order valence-electron chi connectivity index (χ1n) is 10.9. The molecule has 2 amide bonds. The summed E-state index contributed by atoms with van der Waals surface area (Å²) in [7, 11) is 0. The molecule has 2 aromatic rings. The second-order valence-electron chi connectivity index (χ2n) is 9.79. The summed E-state index contributed by atoms with van der Waals surface area (Å²) < 4.78 is 1.37. The highest BCUT2D eigenvalue weighted by Gasteiger charge is 2.33. The van der Waals surface area contributed by atoms with Crippen molar-refractivity contribution in [2.24, 2.45) is 11.3 Å². The Labute approximate surface area is 181 Å². The number of hydrogen-bond donors (Lipinski definition) is 3. The van der Waals surface area contributed by atoms with Crippen molar-refractivity contribution < 1.29 is 9.59 Å². The Bertz CT molecular complexity index is 1080. The van der Waals surface area contributed by atoms with Crippen LogP contribution < -0.4 is 16.2 Å². The number of aromatic amines is 1. The van der Waals surface area contributed by atoms with E-state index in [9.17, 15) is 14.4 Å². The molecule has 3 N–H and O–H groups in total. The molecule has 1 saturated carbocycles. The van der Waals surface area contributed by atoms with Crippen molar-refractivity contribution >= 4 is 17.6 Å². The Hall–Kier alpha value is -2.97. The van der Waals surface area contributed by atoms with Gasteiger partial charge in [-0.3, -0.25) is 19.4 Å². The van der Waals surface area contributed by atoms with Crippen molar-refractivity contribution in [2.75, 3.05) is 5.32 Å². The third-order valence-electron chi connectivity index (χ3n) is 6.13. The molecule has 2 aromatic heterocycles. The number of carbonyl (C=O) groups is 2. The van der Waals surface area contributed by atoms with Crippen molar-refractivity contribution in [3.8, 4) is 5.95 Å². The highest BCUT2D eigenvalue weighted by atomic mass is 16.2. The molecule has 1 fully saturated rings. The van der Waals surface area contributed by atoms with Crippen LogP contribution in [0.25, 0.3) is 5.95 Å². The van der Waals surface area contributed by atoms with Gasteiger partial charge in [0.1, 0.15) is 5.82 Å². The minimum Gasteiger partial charge on any atom is -0.345 e. The first-order chi connectivity index (χ1) is 14.6. The Morgan fingerprint density at radius 1 is 1.23 bits per heavy atom. The molecule has 0 spiro atoms.